The molecule has 1 N–H and O–H groups in total. The van der Waals surface area contributed by atoms with Crippen molar-refractivity contribution in [3.8, 4) is 11.1 Å². The number of amides is 2. The van der Waals surface area contributed by atoms with Crippen LogP contribution >= 0.6 is 0 Å². The van der Waals surface area contributed by atoms with Crippen molar-refractivity contribution in [2.75, 3.05) is 19.6 Å². The lowest BCUT2D eigenvalue weighted by Crippen LogP contribution is -2.54. The fraction of sp³-hybridized carbons (Fsp3) is 0.480. The second kappa shape index (κ2) is 8.99. The van der Waals surface area contributed by atoms with E-state index in [4.69, 9.17) is 0 Å². The highest BCUT2D eigenvalue weighted by Gasteiger charge is 2.45. The van der Waals surface area contributed by atoms with E-state index in [1.807, 2.05) is 17.0 Å². The summed E-state index contributed by atoms with van der Waals surface area (Å²) in [4.78, 5) is 32.0. The Morgan fingerprint density at radius 2 is 1.80 bits per heavy atom. The predicted molar refractivity (Wildman–Crippen MR) is 118 cm³/mol. The van der Waals surface area contributed by atoms with Crippen LogP contribution in [-0.4, -0.2) is 41.3 Å². The van der Waals surface area contributed by atoms with E-state index in [1.165, 1.54) is 0 Å². The third-order valence-corrected chi connectivity index (χ3v) is 6.34. The molecule has 0 bridgehead atoms. The number of benzene rings is 1. The Labute approximate surface area is 178 Å². The van der Waals surface area contributed by atoms with E-state index in [2.05, 4.69) is 41.5 Å². The molecular formula is C25H31N3O2. The molecule has 0 spiro atoms. The minimum Gasteiger partial charge on any atom is -0.356 e. The Morgan fingerprint density at radius 1 is 1.10 bits per heavy atom. The standard InChI is InChI=1S/C25H31N3O2/c1-2-13-27-24(30)25(12-3-16-28(18-25)23(29)22-8-9-22)17-19-4-6-20(7-5-19)21-10-14-26-15-11-21/h4-7,10-11,14-15,22H,2-3,8-9,12-13,16-18H2,1H3,(H,27,30)/t25-/m0/s1. The largest absolute Gasteiger partial charge is 0.356 e. The van der Waals surface area contributed by atoms with Crippen molar-refractivity contribution in [3.05, 3.63) is 54.4 Å². The van der Waals surface area contributed by atoms with Crippen LogP contribution in [0.25, 0.3) is 11.1 Å². The Hall–Kier alpha value is -2.69. The van der Waals surface area contributed by atoms with Crippen LogP contribution in [0, 0.1) is 11.3 Å². The fourth-order valence-corrected chi connectivity index (χ4v) is 4.49. The van der Waals surface area contributed by atoms with E-state index in [0.29, 0.717) is 19.5 Å². The van der Waals surface area contributed by atoms with Gasteiger partial charge in [-0.15, -0.1) is 0 Å². The monoisotopic (exact) mass is 405 g/mol. The maximum Gasteiger partial charge on any atom is 0.228 e. The van der Waals surface area contributed by atoms with Gasteiger partial charge in [0, 0.05) is 37.9 Å². The fourth-order valence-electron chi connectivity index (χ4n) is 4.49. The van der Waals surface area contributed by atoms with E-state index >= 15 is 0 Å². The van der Waals surface area contributed by atoms with Crippen molar-refractivity contribution in [1.82, 2.24) is 15.2 Å². The SMILES string of the molecule is CCCNC(=O)[C@]1(Cc2ccc(-c3ccncc3)cc2)CCCN(C(=O)C2CC2)C1. The average molecular weight is 406 g/mol. The molecule has 158 valence electrons. The Morgan fingerprint density at radius 3 is 2.47 bits per heavy atom. The topological polar surface area (TPSA) is 62.3 Å². The molecule has 1 aliphatic heterocycles. The van der Waals surface area contributed by atoms with E-state index < -0.39 is 5.41 Å². The Kier molecular flexibility index (Phi) is 6.16. The highest BCUT2D eigenvalue weighted by Crippen LogP contribution is 2.38. The summed E-state index contributed by atoms with van der Waals surface area (Å²) in [7, 11) is 0. The van der Waals surface area contributed by atoms with Crippen molar-refractivity contribution < 1.29 is 9.59 Å². The third-order valence-electron chi connectivity index (χ3n) is 6.34. The smallest absolute Gasteiger partial charge is 0.228 e. The van der Waals surface area contributed by atoms with Gasteiger partial charge in [0.25, 0.3) is 0 Å². The van der Waals surface area contributed by atoms with Gasteiger partial charge in [-0.05, 0) is 67.3 Å². The molecule has 0 radical (unpaired) electrons. The molecule has 2 fully saturated rings. The molecule has 30 heavy (non-hydrogen) atoms. The summed E-state index contributed by atoms with van der Waals surface area (Å²) in [5, 5.41) is 3.12. The van der Waals surface area contributed by atoms with Gasteiger partial charge in [0.15, 0.2) is 0 Å². The maximum atomic E-state index is 13.3. The first-order valence-electron chi connectivity index (χ1n) is 11.2. The lowest BCUT2D eigenvalue weighted by Gasteiger charge is -2.42. The molecule has 4 rings (SSSR count). The van der Waals surface area contributed by atoms with Crippen LogP contribution in [0.1, 0.15) is 44.6 Å². The minimum atomic E-state index is -0.545. The molecule has 1 aliphatic carbocycles. The van der Waals surface area contributed by atoms with E-state index in [9.17, 15) is 9.59 Å². The molecule has 2 heterocycles. The summed E-state index contributed by atoms with van der Waals surface area (Å²) < 4.78 is 0. The molecular weight excluding hydrogens is 374 g/mol. The van der Waals surface area contributed by atoms with Crippen LogP contribution in [0.4, 0.5) is 0 Å². The van der Waals surface area contributed by atoms with Crippen molar-refractivity contribution in [2.24, 2.45) is 11.3 Å². The number of carbonyl (C=O) groups is 2. The molecule has 1 aromatic carbocycles. The summed E-state index contributed by atoms with van der Waals surface area (Å²) in [6.45, 7) is 4.05. The van der Waals surface area contributed by atoms with Gasteiger partial charge < -0.3 is 10.2 Å². The van der Waals surface area contributed by atoms with Gasteiger partial charge in [-0.1, -0.05) is 31.2 Å². The summed E-state index contributed by atoms with van der Waals surface area (Å²) in [6, 6.07) is 12.4. The molecule has 0 unspecified atom stereocenters. The van der Waals surface area contributed by atoms with Crippen molar-refractivity contribution in [2.45, 2.75) is 45.4 Å². The maximum absolute atomic E-state index is 13.3. The predicted octanol–water partition coefficient (Wildman–Crippen LogP) is 3.84. The Balaban J connectivity index is 1.55. The van der Waals surface area contributed by atoms with Gasteiger partial charge in [-0.3, -0.25) is 14.6 Å². The first kappa shape index (κ1) is 20.6. The van der Waals surface area contributed by atoms with Gasteiger partial charge >= 0.3 is 0 Å². The van der Waals surface area contributed by atoms with Gasteiger partial charge in [-0.2, -0.15) is 0 Å². The van der Waals surface area contributed by atoms with E-state index in [1.54, 1.807) is 12.4 Å². The van der Waals surface area contributed by atoms with Crippen molar-refractivity contribution >= 4 is 11.8 Å². The third kappa shape index (κ3) is 4.55. The first-order valence-corrected chi connectivity index (χ1v) is 11.2. The number of hydrogen-bond acceptors (Lipinski definition) is 3. The first-order chi connectivity index (χ1) is 14.6. The van der Waals surface area contributed by atoms with Crippen LogP contribution in [0.2, 0.25) is 0 Å². The zero-order chi connectivity index (χ0) is 21.0. The second-order valence-corrected chi connectivity index (χ2v) is 8.78. The van der Waals surface area contributed by atoms with Crippen LogP contribution < -0.4 is 5.32 Å². The van der Waals surface area contributed by atoms with Gasteiger partial charge in [-0.25, -0.2) is 0 Å². The number of piperidine rings is 1. The number of aromatic nitrogens is 1. The lowest BCUT2D eigenvalue weighted by atomic mass is 9.74. The zero-order valence-electron chi connectivity index (χ0n) is 17.8. The molecule has 1 aromatic heterocycles. The van der Waals surface area contributed by atoms with E-state index in [0.717, 1.165) is 55.3 Å². The molecule has 1 saturated carbocycles. The zero-order valence-corrected chi connectivity index (χ0v) is 17.8. The lowest BCUT2D eigenvalue weighted by molar-refractivity contribution is -0.142. The summed E-state index contributed by atoms with van der Waals surface area (Å²) in [6.07, 6.45) is 8.87. The van der Waals surface area contributed by atoms with Crippen LogP contribution in [-0.2, 0) is 16.0 Å². The van der Waals surface area contributed by atoms with Gasteiger partial charge in [0.1, 0.15) is 0 Å². The molecule has 5 nitrogen and oxygen atoms in total. The van der Waals surface area contributed by atoms with Gasteiger partial charge in [0.2, 0.25) is 11.8 Å². The highest BCUT2D eigenvalue weighted by molar-refractivity contribution is 5.86. The normalized spacial score (nSPS) is 21.3. The second-order valence-electron chi connectivity index (χ2n) is 8.78. The van der Waals surface area contributed by atoms with Crippen LogP contribution in [0.5, 0.6) is 0 Å². The number of carbonyl (C=O) groups excluding carboxylic acids is 2. The Bertz CT molecular complexity index is 877. The van der Waals surface area contributed by atoms with E-state index in [-0.39, 0.29) is 17.7 Å². The molecule has 2 aromatic rings. The summed E-state index contributed by atoms with van der Waals surface area (Å²) in [5.41, 5.74) is 2.86. The number of rotatable bonds is 7. The van der Waals surface area contributed by atoms with Crippen molar-refractivity contribution in [3.63, 3.8) is 0 Å². The highest BCUT2D eigenvalue weighted by atomic mass is 16.2. The summed E-state index contributed by atoms with van der Waals surface area (Å²) in [5.74, 6) is 0.533. The quantitative estimate of drug-likeness (QED) is 0.761. The molecule has 1 saturated heterocycles. The number of nitrogens with zero attached hydrogens (tertiary/aromatic N) is 2. The number of pyridine rings is 1. The molecule has 2 aliphatic rings. The average Bonchev–Trinajstić information content (AvgIpc) is 3.64. The molecule has 2 amide bonds. The minimum absolute atomic E-state index is 0.0934. The van der Waals surface area contributed by atoms with Gasteiger partial charge in [0.05, 0.1) is 5.41 Å². The summed E-state index contributed by atoms with van der Waals surface area (Å²) >= 11 is 0. The molecule has 1 atom stereocenters. The number of nitrogens with one attached hydrogen (secondary N) is 1. The number of likely N-dealkylation sites (tertiary alicyclic amines) is 1. The van der Waals surface area contributed by atoms with Crippen LogP contribution in [0.3, 0.4) is 0 Å². The van der Waals surface area contributed by atoms with Crippen molar-refractivity contribution in [1.29, 1.82) is 0 Å². The van der Waals surface area contributed by atoms with Crippen LogP contribution in [0.15, 0.2) is 48.8 Å². The molecule has 5 heteroatoms. The number of hydrogen-bond donors (Lipinski definition) is 1.